The van der Waals surface area contributed by atoms with Crippen molar-refractivity contribution in [3.05, 3.63) is 58.8 Å². The van der Waals surface area contributed by atoms with Crippen LogP contribution in [0.25, 0.3) is 5.65 Å². The van der Waals surface area contributed by atoms with Gasteiger partial charge in [0.1, 0.15) is 29.8 Å². The second-order valence-electron chi connectivity index (χ2n) is 7.42. The molecule has 3 heterocycles. The van der Waals surface area contributed by atoms with Gasteiger partial charge >= 0.3 is 5.97 Å². The largest absolute Gasteiger partial charge is 0.486 e. The number of amides is 2. The van der Waals surface area contributed by atoms with Crippen molar-refractivity contribution in [3.63, 3.8) is 0 Å². The molecule has 1 aliphatic heterocycles. The molecule has 0 fully saturated rings. The van der Waals surface area contributed by atoms with E-state index in [0.29, 0.717) is 16.9 Å². The molecule has 1 aliphatic rings. The Kier molecular flexibility index (Phi) is 5.73. The van der Waals surface area contributed by atoms with E-state index in [9.17, 15) is 23.6 Å². The number of ketones is 1. The summed E-state index contributed by atoms with van der Waals surface area (Å²) in [5, 5.41) is 17.6. The van der Waals surface area contributed by atoms with E-state index in [1.165, 1.54) is 6.92 Å². The van der Waals surface area contributed by atoms with E-state index in [1.54, 1.807) is 18.2 Å². The van der Waals surface area contributed by atoms with Crippen LogP contribution in [0.3, 0.4) is 0 Å². The van der Waals surface area contributed by atoms with Gasteiger partial charge in [0.15, 0.2) is 17.2 Å². The first-order valence-electron chi connectivity index (χ1n) is 9.85. The molecule has 3 aromatic rings. The van der Waals surface area contributed by atoms with Crippen molar-refractivity contribution >= 4 is 29.2 Å². The monoisotopic (exact) mass is 455 g/mol. The van der Waals surface area contributed by atoms with Gasteiger partial charge in [-0.05, 0) is 24.6 Å². The fraction of sp³-hybridized carbons (Fsp3) is 0.238. The van der Waals surface area contributed by atoms with E-state index >= 15 is 0 Å². The number of carboxylic acids is 1. The van der Waals surface area contributed by atoms with Gasteiger partial charge in [0.05, 0.1) is 6.20 Å². The van der Waals surface area contributed by atoms with Gasteiger partial charge in [-0.1, -0.05) is 6.07 Å². The molecule has 0 saturated carbocycles. The van der Waals surface area contributed by atoms with E-state index < -0.39 is 29.6 Å². The molecule has 12 heteroatoms. The fourth-order valence-electron chi connectivity index (χ4n) is 3.26. The van der Waals surface area contributed by atoms with Gasteiger partial charge < -0.3 is 20.5 Å². The van der Waals surface area contributed by atoms with Gasteiger partial charge in [0.2, 0.25) is 0 Å². The zero-order valence-electron chi connectivity index (χ0n) is 17.3. The van der Waals surface area contributed by atoms with Crippen LogP contribution in [0.2, 0.25) is 0 Å². The standard InChI is InChI=1S/C21H18FN5O6/c1-10(21(31)32)25-20(30)16-6-15(26-18-14(22)8-24-27(16)18)19(29)23-7-11-2-3-17-12(4-11)5-13(28)9-33-17/h2-4,6,8,10H,5,7,9H2,1H3,(H,23,29)(H,25,30)(H,31,32)/t10-/m1/s1. The minimum Gasteiger partial charge on any atom is -0.486 e. The van der Waals surface area contributed by atoms with Crippen LogP contribution in [-0.4, -0.2) is 55.9 Å². The minimum absolute atomic E-state index is 0.0313. The van der Waals surface area contributed by atoms with Crippen LogP contribution in [0.5, 0.6) is 5.75 Å². The van der Waals surface area contributed by atoms with Crippen LogP contribution in [0, 0.1) is 5.82 Å². The highest BCUT2D eigenvalue weighted by molar-refractivity contribution is 5.99. The third kappa shape index (κ3) is 4.49. The highest BCUT2D eigenvalue weighted by Crippen LogP contribution is 2.24. The highest BCUT2D eigenvalue weighted by Gasteiger charge is 2.23. The lowest BCUT2D eigenvalue weighted by Crippen LogP contribution is -2.39. The molecule has 2 aromatic heterocycles. The zero-order chi connectivity index (χ0) is 23.7. The SMILES string of the molecule is C[C@@H](NC(=O)c1cc(C(=O)NCc2ccc3c(c2)CC(=O)CO3)nc2c(F)cnn12)C(=O)O. The number of halogens is 1. The maximum absolute atomic E-state index is 14.1. The van der Waals surface area contributed by atoms with E-state index in [0.717, 1.165) is 16.8 Å². The smallest absolute Gasteiger partial charge is 0.325 e. The third-order valence-corrected chi connectivity index (χ3v) is 4.97. The molecule has 170 valence electrons. The molecule has 4 rings (SSSR count). The molecule has 0 aliphatic carbocycles. The highest BCUT2D eigenvalue weighted by atomic mass is 19.1. The number of carbonyl (C=O) groups is 4. The molecule has 1 atom stereocenters. The quantitative estimate of drug-likeness (QED) is 0.486. The Morgan fingerprint density at radius 2 is 2.06 bits per heavy atom. The van der Waals surface area contributed by atoms with Crippen LogP contribution >= 0.6 is 0 Å². The summed E-state index contributed by atoms with van der Waals surface area (Å²) in [6, 6.07) is 5.05. The normalized spacial score (nSPS) is 13.7. The molecule has 2 amide bonds. The summed E-state index contributed by atoms with van der Waals surface area (Å²) in [4.78, 5) is 51.8. The second-order valence-corrected chi connectivity index (χ2v) is 7.42. The van der Waals surface area contributed by atoms with Gasteiger partial charge in [-0.15, -0.1) is 0 Å². The first kappa shape index (κ1) is 21.9. The molecular weight excluding hydrogens is 437 g/mol. The van der Waals surface area contributed by atoms with Crippen molar-refractivity contribution in [3.8, 4) is 5.75 Å². The number of aliphatic carboxylic acids is 1. The predicted molar refractivity (Wildman–Crippen MR) is 109 cm³/mol. The Hall–Kier alpha value is -4.35. The Morgan fingerprint density at radius 1 is 1.27 bits per heavy atom. The number of hydrogen-bond donors (Lipinski definition) is 3. The van der Waals surface area contributed by atoms with Gasteiger partial charge in [0, 0.05) is 24.6 Å². The van der Waals surface area contributed by atoms with E-state index in [1.807, 2.05) is 0 Å². The first-order valence-corrected chi connectivity index (χ1v) is 9.85. The van der Waals surface area contributed by atoms with Crippen LogP contribution < -0.4 is 15.4 Å². The molecular formula is C21H18FN5O6. The number of fused-ring (bicyclic) bond motifs is 2. The van der Waals surface area contributed by atoms with E-state index in [-0.39, 0.29) is 42.4 Å². The van der Waals surface area contributed by atoms with Crippen LogP contribution in [0.4, 0.5) is 4.39 Å². The lowest BCUT2D eigenvalue weighted by Gasteiger charge is -2.17. The minimum atomic E-state index is -1.27. The van der Waals surface area contributed by atoms with Crippen LogP contribution in [0.1, 0.15) is 39.0 Å². The molecule has 0 spiro atoms. The first-order chi connectivity index (χ1) is 15.7. The van der Waals surface area contributed by atoms with Crippen LogP contribution in [0.15, 0.2) is 30.5 Å². The third-order valence-electron chi connectivity index (χ3n) is 4.97. The Balaban J connectivity index is 1.56. The Morgan fingerprint density at radius 3 is 2.82 bits per heavy atom. The number of aromatic nitrogens is 3. The number of carboxylic acid groups (broad SMARTS) is 1. The van der Waals surface area contributed by atoms with Gasteiger partial charge in [-0.2, -0.15) is 5.10 Å². The maximum Gasteiger partial charge on any atom is 0.325 e. The summed E-state index contributed by atoms with van der Waals surface area (Å²) >= 11 is 0. The summed E-state index contributed by atoms with van der Waals surface area (Å²) in [5.41, 5.74) is 0.536. The average molecular weight is 455 g/mol. The molecule has 11 nitrogen and oxygen atoms in total. The molecule has 33 heavy (non-hydrogen) atoms. The number of carbonyl (C=O) groups excluding carboxylic acids is 3. The molecule has 1 aromatic carbocycles. The summed E-state index contributed by atoms with van der Waals surface area (Å²) < 4.78 is 20.4. The predicted octanol–water partition coefficient (Wildman–Crippen LogP) is 0.505. The number of hydrogen-bond acceptors (Lipinski definition) is 7. The topological polar surface area (TPSA) is 152 Å². The lowest BCUT2D eigenvalue weighted by molar-refractivity contribution is -0.138. The number of rotatable bonds is 6. The van der Waals surface area contributed by atoms with E-state index in [4.69, 9.17) is 9.84 Å². The molecule has 3 N–H and O–H groups in total. The van der Waals surface area contributed by atoms with Crippen molar-refractivity contribution in [1.29, 1.82) is 0 Å². The number of ether oxygens (including phenoxy) is 1. The molecule has 0 radical (unpaired) electrons. The number of nitrogens with zero attached hydrogens (tertiary/aromatic N) is 3. The average Bonchev–Trinajstić information content (AvgIpc) is 3.17. The van der Waals surface area contributed by atoms with Crippen molar-refractivity contribution in [2.45, 2.75) is 25.9 Å². The van der Waals surface area contributed by atoms with Crippen molar-refractivity contribution in [2.75, 3.05) is 6.61 Å². The zero-order valence-corrected chi connectivity index (χ0v) is 17.3. The molecule has 0 unspecified atom stereocenters. The summed E-state index contributed by atoms with van der Waals surface area (Å²) in [6.45, 7) is 1.36. The number of benzene rings is 1. The van der Waals surface area contributed by atoms with Gasteiger partial charge in [-0.3, -0.25) is 19.2 Å². The second kappa shape index (κ2) is 8.65. The summed E-state index contributed by atoms with van der Waals surface area (Å²) in [5.74, 6) is -3.12. The lowest BCUT2D eigenvalue weighted by atomic mass is 10.0. The fourth-order valence-corrected chi connectivity index (χ4v) is 3.26. The Labute approximate surface area is 185 Å². The van der Waals surface area contributed by atoms with Gasteiger partial charge in [0.25, 0.3) is 11.8 Å². The van der Waals surface area contributed by atoms with Crippen molar-refractivity contribution in [2.24, 2.45) is 0 Å². The summed E-state index contributed by atoms with van der Waals surface area (Å²) in [7, 11) is 0. The molecule has 0 saturated heterocycles. The molecule has 0 bridgehead atoms. The van der Waals surface area contributed by atoms with Crippen LogP contribution in [-0.2, 0) is 22.6 Å². The van der Waals surface area contributed by atoms with Gasteiger partial charge in [-0.25, -0.2) is 13.9 Å². The Bertz CT molecular complexity index is 1300. The maximum atomic E-state index is 14.1. The number of nitrogens with one attached hydrogen (secondary N) is 2. The number of Topliss-reactive ketones (excluding diaryl/α,β-unsaturated/α-hetero) is 1. The van der Waals surface area contributed by atoms with E-state index in [2.05, 4.69) is 20.7 Å². The van der Waals surface area contributed by atoms with Crippen molar-refractivity contribution < 1.29 is 33.4 Å². The summed E-state index contributed by atoms with van der Waals surface area (Å²) in [6.07, 6.45) is 1.07. The van der Waals surface area contributed by atoms with Crippen molar-refractivity contribution in [1.82, 2.24) is 25.2 Å².